The third kappa shape index (κ3) is 4.01. The minimum atomic E-state index is -0.715. The Hall–Kier alpha value is -3.08. The van der Waals surface area contributed by atoms with E-state index in [1.165, 1.54) is 19.2 Å². The summed E-state index contributed by atoms with van der Waals surface area (Å²) >= 11 is 0. The first kappa shape index (κ1) is 17.3. The molecule has 0 atom stereocenters. The Bertz CT molecular complexity index is 750. The number of carbonyl (C=O) groups is 2. The molecule has 0 fully saturated rings. The van der Waals surface area contributed by atoms with Crippen molar-refractivity contribution in [1.82, 2.24) is 0 Å². The number of hydrogen-bond acceptors (Lipinski definition) is 5. The van der Waals surface area contributed by atoms with Crippen molar-refractivity contribution in [3.05, 3.63) is 77.4 Å². The van der Waals surface area contributed by atoms with E-state index in [0.29, 0.717) is 12.0 Å². The molecule has 0 spiro atoms. The van der Waals surface area contributed by atoms with Crippen LogP contribution in [0, 0.1) is 0 Å². The van der Waals surface area contributed by atoms with Gasteiger partial charge in [-0.15, -0.1) is 6.58 Å². The van der Waals surface area contributed by atoms with E-state index in [4.69, 9.17) is 4.74 Å². The van der Waals surface area contributed by atoms with Crippen LogP contribution in [0.15, 0.2) is 55.1 Å². The SMILES string of the molecule is C=CCc1cc(C(=O)OC)cc(C(=O)OCc2ccccc2)c1O. The Morgan fingerprint density at radius 3 is 2.50 bits per heavy atom. The van der Waals surface area contributed by atoms with Gasteiger partial charge in [-0.1, -0.05) is 36.4 Å². The molecule has 0 heterocycles. The fourth-order valence-corrected chi connectivity index (χ4v) is 2.20. The Labute approximate surface area is 140 Å². The molecule has 0 radical (unpaired) electrons. The lowest BCUT2D eigenvalue weighted by Crippen LogP contribution is -2.10. The van der Waals surface area contributed by atoms with Crippen molar-refractivity contribution in [1.29, 1.82) is 0 Å². The number of phenolic OH excluding ortho intramolecular Hbond substituents is 1. The zero-order valence-electron chi connectivity index (χ0n) is 13.3. The highest BCUT2D eigenvalue weighted by molar-refractivity contribution is 5.98. The zero-order valence-corrected chi connectivity index (χ0v) is 13.3. The number of phenols is 1. The lowest BCUT2D eigenvalue weighted by atomic mass is 10.0. The summed E-state index contributed by atoms with van der Waals surface area (Å²) in [6, 6.07) is 11.9. The summed E-state index contributed by atoms with van der Waals surface area (Å²) in [6.45, 7) is 3.67. The van der Waals surface area contributed by atoms with Crippen LogP contribution in [0.3, 0.4) is 0 Å². The van der Waals surface area contributed by atoms with E-state index in [-0.39, 0.29) is 23.5 Å². The number of ether oxygens (including phenoxy) is 2. The predicted octanol–water partition coefficient (Wildman–Crippen LogP) is 3.26. The van der Waals surface area contributed by atoms with Crippen molar-refractivity contribution in [2.24, 2.45) is 0 Å². The Kier molecular flexibility index (Phi) is 5.73. The zero-order chi connectivity index (χ0) is 17.5. The molecule has 124 valence electrons. The largest absolute Gasteiger partial charge is 0.507 e. The van der Waals surface area contributed by atoms with Gasteiger partial charge in [0.05, 0.1) is 12.7 Å². The van der Waals surface area contributed by atoms with E-state index in [1.54, 1.807) is 6.08 Å². The average molecular weight is 326 g/mol. The van der Waals surface area contributed by atoms with Crippen LogP contribution in [-0.4, -0.2) is 24.2 Å². The van der Waals surface area contributed by atoms with Crippen LogP contribution < -0.4 is 0 Å². The first-order chi connectivity index (χ1) is 11.6. The summed E-state index contributed by atoms with van der Waals surface area (Å²) in [5.74, 6) is -1.54. The van der Waals surface area contributed by atoms with Gasteiger partial charge in [-0.3, -0.25) is 0 Å². The summed E-state index contributed by atoms with van der Waals surface area (Å²) in [5, 5.41) is 10.3. The first-order valence-electron chi connectivity index (χ1n) is 7.33. The van der Waals surface area contributed by atoms with E-state index >= 15 is 0 Å². The normalized spacial score (nSPS) is 10.0. The molecule has 0 saturated heterocycles. The standard InChI is InChI=1S/C19H18O5/c1-3-7-14-10-15(18(21)23-2)11-16(17(14)20)19(22)24-12-13-8-5-4-6-9-13/h3-6,8-11,20H,1,7,12H2,2H3. The maximum atomic E-state index is 12.3. The number of rotatable bonds is 6. The number of hydrogen-bond donors (Lipinski definition) is 1. The summed E-state index contributed by atoms with van der Waals surface area (Å²) in [4.78, 5) is 24.1. The van der Waals surface area contributed by atoms with Crippen molar-refractivity contribution >= 4 is 11.9 Å². The van der Waals surface area contributed by atoms with Gasteiger partial charge in [0.2, 0.25) is 0 Å². The van der Waals surface area contributed by atoms with Crippen LogP contribution in [-0.2, 0) is 22.5 Å². The summed E-state index contributed by atoms with van der Waals surface area (Å²) in [6.07, 6.45) is 1.87. The molecule has 0 aliphatic rings. The van der Waals surface area contributed by atoms with E-state index in [1.807, 2.05) is 30.3 Å². The Morgan fingerprint density at radius 2 is 1.88 bits per heavy atom. The average Bonchev–Trinajstić information content (AvgIpc) is 2.61. The van der Waals surface area contributed by atoms with Crippen LogP contribution in [0.2, 0.25) is 0 Å². The fraction of sp³-hybridized carbons (Fsp3) is 0.158. The van der Waals surface area contributed by atoms with Gasteiger partial charge in [-0.25, -0.2) is 9.59 Å². The van der Waals surface area contributed by atoms with Crippen LogP contribution in [0.25, 0.3) is 0 Å². The minimum Gasteiger partial charge on any atom is -0.507 e. The van der Waals surface area contributed by atoms with Crippen molar-refractivity contribution in [2.45, 2.75) is 13.0 Å². The minimum absolute atomic E-state index is 0.0678. The first-order valence-corrected chi connectivity index (χ1v) is 7.33. The molecule has 5 heteroatoms. The maximum Gasteiger partial charge on any atom is 0.342 e. The highest BCUT2D eigenvalue weighted by atomic mass is 16.5. The molecule has 0 aliphatic heterocycles. The smallest absolute Gasteiger partial charge is 0.342 e. The molecule has 0 aromatic heterocycles. The molecule has 0 amide bonds. The molecule has 5 nitrogen and oxygen atoms in total. The van der Waals surface area contributed by atoms with Gasteiger partial charge in [-0.05, 0) is 29.7 Å². The van der Waals surface area contributed by atoms with Gasteiger partial charge in [-0.2, -0.15) is 0 Å². The molecular weight excluding hydrogens is 308 g/mol. The molecule has 2 aromatic carbocycles. The number of benzene rings is 2. The molecule has 2 rings (SSSR count). The second-order valence-electron chi connectivity index (χ2n) is 5.08. The van der Waals surface area contributed by atoms with Crippen LogP contribution >= 0.6 is 0 Å². The number of aromatic hydroxyl groups is 1. The monoisotopic (exact) mass is 326 g/mol. The van der Waals surface area contributed by atoms with Crippen molar-refractivity contribution in [3.8, 4) is 5.75 Å². The fourth-order valence-electron chi connectivity index (χ4n) is 2.20. The molecule has 2 aromatic rings. The molecule has 1 N–H and O–H groups in total. The summed E-state index contributed by atoms with van der Waals surface area (Å²) in [7, 11) is 1.25. The van der Waals surface area contributed by atoms with Crippen molar-refractivity contribution in [2.75, 3.05) is 7.11 Å². The number of carbonyl (C=O) groups excluding carboxylic acids is 2. The van der Waals surface area contributed by atoms with Gasteiger partial charge >= 0.3 is 11.9 Å². The van der Waals surface area contributed by atoms with Gasteiger partial charge in [0.1, 0.15) is 17.9 Å². The van der Waals surface area contributed by atoms with Crippen molar-refractivity contribution in [3.63, 3.8) is 0 Å². The number of allylic oxidation sites excluding steroid dienone is 1. The van der Waals surface area contributed by atoms with E-state index in [0.717, 1.165) is 5.56 Å². The second kappa shape index (κ2) is 7.97. The second-order valence-corrected chi connectivity index (χ2v) is 5.08. The number of methoxy groups -OCH3 is 1. The van der Waals surface area contributed by atoms with Gasteiger partial charge in [0, 0.05) is 0 Å². The Balaban J connectivity index is 2.29. The van der Waals surface area contributed by atoms with Crippen molar-refractivity contribution < 1.29 is 24.2 Å². The van der Waals surface area contributed by atoms with E-state index < -0.39 is 11.9 Å². The molecule has 0 unspecified atom stereocenters. The van der Waals surface area contributed by atoms with E-state index in [9.17, 15) is 14.7 Å². The molecule has 24 heavy (non-hydrogen) atoms. The van der Waals surface area contributed by atoms with Gasteiger partial charge in [0.15, 0.2) is 0 Å². The highest BCUT2D eigenvalue weighted by Crippen LogP contribution is 2.27. The number of esters is 2. The molecule has 0 aliphatic carbocycles. The third-order valence-corrected chi connectivity index (χ3v) is 3.41. The molecule has 0 bridgehead atoms. The van der Waals surface area contributed by atoms with Crippen LogP contribution in [0.4, 0.5) is 0 Å². The summed E-state index contributed by atoms with van der Waals surface area (Å²) < 4.78 is 9.89. The molecular formula is C19H18O5. The van der Waals surface area contributed by atoms with Crippen LogP contribution in [0.5, 0.6) is 5.75 Å². The third-order valence-electron chi connectivity index (χ3n) is 3.41. The quantitative estimate of drug-likeness (QED) is 0.651. The topological polar surface area (TPSA) is 72.8 Å². The predicted molar refractivity (Wildman–Crippen MR) is 88.9 cm³/mol. The highest BCUT2D eigenvalue weighted by Gasteiger charge is 2.20. The lowest BCUT2D eigenvalue weighted by molar-refractivity contribution is 0.0469. The summed E-state index contributed by atoms with van der Waals surface area (Å²) in [5.41, 5.74) is 1.31. The molecule has 0 saturated carbocycles. The van der Waals surface area contributed by atoms with Gasteiger partial charge in [0.25, 0.3) is 0 Å². The Morgan fingerprint density at radius 1 is 1.17 bits per heavy atom. The van der Waals surface area contributed by atoms with Gasteiger partial charge < -0.3 is 14.6 Å². The van der Waals surface area contributed by atoms with Crippen LogP contribution in [0.1, 0.15) is 31.8 Å². The van der Waals surface area contributed by atoms with E-state index in [2.05, 4.69) is 11.3 Å². The maximum absolute atomic E-state index is 12.3. The lowest BCUT2D eigenvalue weighted by Gasteiger charge is -2.11.